The van der Waals surface area contributed by atoms with Crippen LogP contribution in [-0.4, -0.2) is 31.1 Å². The lowest BCUT2D eigenvalue weighted by molar-refractivity contribution is -0.137. The Hall–Kier alpha value is -3.38. The summed E-state index contributed by atoms with van der Waals surface area (Å²) in [6, 6.07) is 9.64. The van der Waals surface area contributed by atoms with Gasteiger partial charge in [0.25, 0.3) is 5.56 Å². The number of anilines is 1. The summed E-state index contributed by atoms with van der Waals surface area (Å²) in [6.07, 6.45) is -5.18. The molecule has 0 saturated carbocycles. The number of ether oxygens (including phenoxy) is 1. The van der Waals surface area contributed by atoms with Crippen LogP contribution in [0, 0.1) is 0 Å². The molecular weight excluding hydrogens is 463 g/mol. The molecule has 8 nitrogen and oxygen atoms in total. The summed E-state index contributed by atoms with van der Waals surface area (Å²) < 4.78 is 70.7. The van der Waals surface area contributed by atoms with Gasteiger partial charge in [0.05, 0.1) is 23.2 Å². The summed E-state index contributed by atoms with van der Waals surface area (Å²) in [5, 5.41) is 5.27. The largest absolute Gasteiger partial charge is 0.444 e. The number of halogens is 3. The molecule has 4 rings (SSSR count). The molecule has 0 aliphatic carbocycles. The van der Waals surface area contributed by atoms with Gasteiger partial charge in [-0.3, -0.25) is 9.69 Å². The average molecular weight is 481 g/mol. The van der Waals surface area contributed by atoms with Crippen LogP contribution in [-0.2, 0) is 21.1 Å². The zero-order chi connectivity index (χ0) is 24.1. The standard InChI is InChI=1S/C21H18F3N3O5S/c1-2-14-11-26(20(29)32-14)13-8-7-12-9-18(15-5-3-4-6-17(15)21(22,23)24)27(33(25,30)31)19(28)16(12)10-13/h3-10,14H,2,11H2,1H3,(H2,25,30,31)/t14-/m1/s1. The van der Waals surface area contributed by atoms with Crippen molar-refractivity contribution in [1.29, 1.82) is 0 Å². The molecule has 2 N–H and O–H groups in total. The van der Waals surface area contributed by atoms with Crippen molar-refractivity contribution in [3.8, 4) is 11.3 Å². The molecular formula is C21H18F3N3O5S. The second kappa shape index (κ2) is 7.89. The third kappa shape index (κ3) is 4.07. The zero-order valence-electron chi connectivity index (χ0n) is 17.2. The number of benzene rings is 2. The molecule has 1 aliphatic heterocycles. The number of pyridine rings is 1. The topological polar surface area (TPSA) is 112 Å². The summed E-state index contributed by atoms with van der Waals surface area (Å²) in [5.41, 5.74) is -3.02. The van der Waals surface area contributed by atoms with Crippen molar-refractivity contribution in [2.75, 3.05) is 11.4 Å². The Morgan fingerprint density at radius 3 is 2.42 bits per heavy atom. The van der Waals surface area contributed by atoms with Gasteiger partial charge in [0.15, 0.2) is 0 Å². The van der Waals surface area contributed by atoms with Crippen LogP contribution in [0.15, 0.2) is 53.3 Å². The van der Waals surface area contributed by atoms with Crippen LogP contribution in [0.25, 0.3) is 22.0 Å². The van der Waals surface area contributed by atoms with Gasteiger partial charge in [-0.2, -0.15) is 25.6 Å². The fourth-order valence-electron chi connectivity index (χ4n) is 3.79. The molecule has 33 heavy (non-hydrogen) atoms. The number of alkyl halides is 3. The third-order valence-corrected chi connectivity index (χ3v) is 6.24. The number of fused-ring (bicyclic) bond motifs is 1. The summed E-state index contributed by atoms with van der Waals surface area (Å²) in [7, 11) is -4.79. The highest BCUT2D eigenvalue weighted by atomic mass is 32.2. The first-order valence-corrected chi connectivity index (χ1v) is 11.3. The first kappa shape index (κ1) is 22.8. The van der Waals surface area contributed by atoms with E-state index in [1.54, 1.807) is 0 Å². The monoisotopic (exact) mass is 481 g/mol. The van der Waals surface area contributed by atoms with E-state index in [1.165, 1.54) is 29.2 Å². The lowest BCUT2D eigenvalue weighted by Gasteiger charge is -2.18. The number of rotatable bonds is 4. The number of nitrogens with zero attached hydrogens (tertiary/aromatic N) is 2. The van der Waals surface area contributed by atoms with Gasteiger partial charge in [-0.15, -0.1) is 0 Å². The Morgan fingerprint density at radius 1 is 1.12 bits per heavy atom. The second-order valence-corrected chi connectivity index (χ2v) is 8.88. The molecule has 12 heteroatoms. The van der Waals surface area contributed by atoms with Crippen LogP contribution in [0.5, 0.6) is 0 Å². The molecule has 1 saturated heterocycles. The molecule has 2 aromatic carbocycles. The van der Waals surface area contributed by atoms with E-state index in [9.17, 15) is 31.2 Å². The molecule has 174 valence electrons. The van der Waals surface area contributed by atoms with Gasteiger partial charge in [0, 0.05) is 11.3 Å². The number of hydrogen-bond donors (Lipinski definition) is 1. The fraction of sp³-hybridized carbons (Fsp3) is 0.238. The summed E-state index contributed by atoms with van der Waals surface area (Å²) >= 11 is 0. The third-order valence-electron chi connectivity index (χ3n) is 5.37. The summed E-state index contributed by atoms with van der Waals surface area (Å²) in [4.78, 5) is 26.6. The minimum atomic E-state index is -4.80. The van der Waals surface area contributed by atoms with E-state index >= 15 is 0 Å². The Labute approximate surface area is 186 Å². The highest BCUT2D eigenvalue weighted by Crippen LogP contribution is 2.37. The lowest BCUT2D eigenvalue weighted by atomic mass is 10.0. The Morgan fingerprint density at radius 2 is 1.82 bits per heavy atom. The summed E-state index contributed by atoms with van der Waals surface area (Å²) in [5.74, 6) is 0. The minimum Gasteiger partial charge on any atom is -0.444 e. The maximum absolute atomic E-state index is 13.6. The van der Waals surface area contributed by atoms with Gasteiger partial charge >= 0.3 is 22.5 Å². The predicted octanol–water partition coefficient (Wildman–Crippen LogP) is 3.47. The molecule has 0 bridgehead atoms. The van der Waals surface area contributed by atoms with Crippen molar-refractivity contribution in [3.63, 3.8) is 0 Å². The number of aromatic nitrogens is 1. The molecule has 1 amide bonds. The number of nitrogens with two attached hydrogens (primary N) is 1. The van der Waals surface area contributed by atoms with E-state index in [0.717, 1.165) is 24.3 Å². The van der Waals surface area contributed by atoms with E-state index < -0.39 is 44.9 Å². The molecule has 1 atom stereocenters. The van der Waals surface area contributed by atoms with Crippen LogP contribution in [0.1, 0.15) is 18.9 Å². The van der Waals surface area contributed by atoms with Gasteiger partial charge in [0.2, 0.25) is 0 Å². The normalized spacial score (nSPS) is 16.9. The zero-order valence-corrected chi connectivity index (χ0v) is 18.0. The van der Waals surface area contributed by atoms with E-state index in [0.29, 0.717) is 6.42 Å². The van der Waals surface area contributed by atoms with Crippen LogP contribution >= 0.6 is 0 Å². The van der Waals surface area contributed by atoms with E-state index in [-0.39, 0.29) is 33.1 Å². The predicted molar refractivity (Wildman–Crippen MR) is 115 cm³/mol. The van der Waals surface area contributed by atoms with Crippen LogP contribution in [0.4, 0.5) is 23.7 Å². The number of carbonyl (C=O) groups excluding carboxylic acids is 1. The summed E-state index contributed by atoms with van der Waals surface area (Å²) in [6.45, 7) is 2.08. The van der Waals surface area contributed by atoms with Crippen LogP contribution in [0.3, 0.4) is 0 Å². The molecule has 0 radical (unpaired) electrons. The first-order chi connectivity index (χ1) is 15.4. The van der Waals surface area contributed by atoms with E-state index in [1.807, 2.05) is 6.92 Å². The van der Waals surface area contributed by atoms with Crippen molar-refractivity contribution in [1.82, 2.24) is 3.97 Å². The minimum absolute atomic E-state index is 0.137. The highest BCUT2D eigenvalue weighted by molar-refractivity contribution is 7.87. The van der Waals surface area contributed by atoms with Gasteiger partial charge in [-0.25, -0.2) is 9.93 Å². The van der Waals surface area contributed by atoms with Gasteiger partial charge in [-0.1, -0.05) is 31.2 Å². The molecule has 1 fully saturated rings. The van der Waals surface area contributed by atoms with Crippen molar-refractivity contribution in [2.45, 2.75) is 25.6 Å². The molecule has 1 aromatic heterocycles. The van der Waals surface area contributed by atoms with Crippen LogP contribution < -0.4 is 15.6 Å². The molecule has 3 aromatic rings. The maximum atomic E-state index is 13.6. The van der Waals surface area contributed by atoms with Gasteiger partial charge in [0.1, 0.15) is 6.10 Å². The fourth-order valence-corrected chi connectivity index (χ4v) is 4.54. The Bertz CT molecular complexity index is 1430. The highest BCUT2D eigenvalue weighted by Gasteiger charge is 2.35. The maximum Gasteiger partial charge on any atom is 0.417 e. The van der Waals surface area contributed by atoms with Crippen molar-refractivity contribution in [2.24, 2.45) is 5.14 Å². The number of carbonyl (C=O) groups is 1. The van der Waals surface area contributed by atoms with E-state index in [2.05, 4.69) is 0 Å². The molecule has 1 aliphatic rings. The Kier molecular flexibility index (Phi) is 5.45. The number of hydrogen-bond acceptors (Lipinski definition) is 5. The van der Waals surface area contributed by atoms with Crippen LogP contribution in [0.2, 0.25) is 0 Å². The van der Waals surface area contributed by atoms with Gasteiger partial charge in [-0.05, 0) is 36.1 Å². The molecule has 0 spiro atoms. The number of cyclic esters (lactones) is 1. The average Bonchev–Trinajstić information content (AvgIpc) is 3.12. The van der Waals surface area contributed by atoms with Crippen molar-refractivity contribution >= 4 is 32.8 Å². The quantitative estimate of drug-likeness (QED) is 0.613. The second-order valence-electron chi connectivity index (χ2n) is 7.48. The molecule has 0 unspecified atom stereocenters. The van der Waals surface area contributed by atoms with E-state index in [4.69, 9.17) is 9.88 Å². The number of amides is 1. The smallest absolute Gasteiger partial charge is 0.417 e. The van der Waals surface area contributed by atoms with Crippen molar-refractivity contribution < 1.29 is 31.1 Å². The van der Waals surface area contributed by atoms with Gasteiger partial charge < -0.3 is 4.74 Å². The lowest BCUT2D eigenvalue weighted by Crippen LogP contribution is -2.34. The SMILES string of the molecule is CC[C@@H]1CN(c2ccc3cc(-c4ccccc4C(F)(F)F)n(S(N)(=O)=O)c(=O)c3c2)C(=O)O1. The Balaban J connectivity index is 1.99. The molecule has 2 heterocycles. The van der Waals surface area contributed by atoms with Crippen molar-refractivity contribution in [3.05, 3.63) is 64.4 Å². The first-order valence-electron chi connectivity index (χ1n) is 9.79.